The van der Waals surface area contributed by atoms with Gasteiger partial charge in [0, 0.05) is 37.5 Å². The number of hydrogen-bond donors (Lipinski definition) is 1. The summed E-state index contributed by atoms with van der Waals surface area (Å²) in [6, 6.07) is 7.37. The third kappa shape index (κ3) is 2.93. The number of aryl methyl sites for hydroxylation is 2. The monoisotopic (exact) mass is 262 g/mol. The molecule has 0 saturated carbocycles. The maximum Gasteiger partial charge on any atom is 0.0451 e. The lowest BCUT2D eigenvalue weighted by atomic mass is 9.99. The van der Waals surface area contributed by atoms with Crippen LogP contribution in [-0.4, -0.2) is 48.8 Å². The van der Waals surface area contributed by atoms with E-state index < -0.39 is 0 Å². The molecule has 3 heteroatoms. The Bertz CT molecular complexity index is 413. The lowest BCUT2D eigenvalue weighted by molar-refractivity contribution is 0.197. The van der Waals surface area contributed by atoms with E-state index in [4.69, 9.17) is 0 Å². The molecule has 106 valence electrons. The van der Waals surface area contributed by atoms with Crippen molar-refractivity contribution < 1.29 is 5.11 Å². The van der Waals surface area contributed by atoms with Gasteiger partial charge in [-0.3, -0.25) is 0 Å². The first-order chi connectivity index (χ1) is 9.04. The molecule has 2 unspecified atom stereocenters. The number of benzene rings is 1. The summed E-state index contributed by atoms with van der Waals surface area (Å²) in [5.41, 5.74) is 4.03. The van der Waals surface area contributed by atoms with Crippen LogP contribution in [0.4, 0.5) is 5.69 Å². The number of hydrogen-bond acceptors (Lipinski definition) is 3. The molecule has 1 aromatic carbocycles. The molecule has 2 atom stereocenters. The summed E-state index contributed by atoms with van der Waals surface area (Å²) < 4.78 is 0. The van der Waals surface area contributed by atoms with Crippen molar-refractivity contribution in [2.24, 2.45) is 0 Å². The minimum absolute atomic E-state index is 0.257. The Hall–Kier alpha value is -1.06. The molecule has 1 N–H and O–H groups in total. The number of rotatable bonds is 3. The summed E-state index contributed by atoms with van der Waals surface area (Å²) in [6.45, 7) is 9.01. The number of aliphatic hydroxyl groups excluding tert-OH is 1. The van der Waals surface area contributed by atoms with Gasteiger partial charge in [-0.25, -0.2) is 0 Å². The molecule has 1 aromatic rings. The predicted octanol–water partition coefficient (Wildman–Crippen LogP) is 2.19. The average molecular weight is 262 g/mol. The highest BCUT2D eigenvalue weighted by molar-refractivity contribution is 5.60. The van der Waals surface area contributed by atoms with Crippen molar-refractivity contribution in [3.63, 3.8) is 0 Å². The van der Waals surface area contributed by atoms with Crippen LogP contribution in [0.3, 0.4) is 0 Å². The van der Waals surface area contributed by atoms with Crippen LogP contribution in [0, 0.1) is 13.8 Å². The molecular weight excluding hydrogens is 236 g/mol. The van der Waals surface area contributed by atoms with Crippen LogP contribution in [0.15, 0.2) is 18.2 Å². The summed E-state index contributed by atoms with van der Waals surface area (Å²) in [5, 5.41) is 9.35. The third-order valence-electron chi connectivity index (χ3n) is 4.13. The van der Waals surface area contributed by atoms with Gasteiger partial charge < -0.3 is 14.9 Å². The molecule has 2 rings (SSSR count). The van der Waals surface area contributed by atoms with E-state index in [0.717, 1.165) is 19.5 Å². The SMILES string of the molecule is Cc1cccc(C)c1N1C(C)CN(C)CC1CCO. The Morgan fingerprint density at radius 2 is 1.84 bits per heavy atom. The number of para-hydroxylation sites is 1. The van der Waals surface area contributed by atoms with Gasteiger partial charge in [0.25, 0.3) is 0 Å². The van der Waals surface area contributed by atoms with E-state index >= 15 is 0 Å². The van der Waals surface area contributed by atoms with Crippen LogP contribution in [0.5, 0.6) is 0 Å². The smallest absolute Gasteiger partial charge is 0.0451 e. The van der Waals surface area contributed by atoms with Gasteiger partial charge in [-0.15, -0.1) is 0 Å². The summed E-state index contributed by atoms with van der Waals surface area (Å²) in [6.07, 6.45) is 0.836. The molecule has 0 aromatic heterocycles. The Kier molecular flexibility index (Phi) is 4.48. The minimum Gasteiger partial charge on any atom is -0.396 e. The van der Waals surface area contributed by atoms with Crippen LogP contribution >= 0.6 is 0 Å². The van der Waals surface area contributed by atoms with Crippen LogP contribution in [0.1, 0.15) is 24.5 Å². The van der Waals surface area contributed by atoms with Crippen LogP contribution in [-0.2, 0) is 0 Å². The lowest BCUT2D eigenvalue weighted by Crippen LogP contribution is -2.57. The van der Waals surface area contributed by atoms with E-state index in [9.17, 15) is 5.11 Å². The first-order valence-corrected chi connectivity index (χ1v) is 7.18. The second kappa shape index (κ2) is 5.93. The number of likely N-dealkylation sites (N-methyl/N-ethyl adjacent to an activating group) is 1. The molecule has 1 saturated heterocycles. The molecule has 0 amide bonds. The fourth-order valence-corrected chi connectivity index (χ4v) is 3.42. The van der Waals surface area contributed by atoms with Gasteiger partial charge >= 0.3 is 0 Å². The number of anilines is 1. The first-order valence-electron chi connectivity index (χ1n) is 7.18. The number of nitrogens with zero attached hydrogens (tertiary/aromatic N) is 2. The molecule has 19 heavy (non-hydrogen) atoms. The second-order valence-corrected chi connectivity index (χ2v) is 5.88. The van der Waals surface area contributed by atoms with E-state index in [1.165, 1.54) is 16.8 Å². The maximum atomic E-state index is 9.35. The summed E-state index contributed by atoms with van der Waals surface area (Å²) in [5.74, 6) is 0. The molecule has 1 fully saturated rings. The molecule has 0 bridgehead atoms. The minimum atomic E-state index is 0.257. The number of piperazine rings is 1. The molecular formula is C16H26N2O. The highest BCUT2D eigenvalue weighted by atomic mass is 16.3. The van der Waals surface area contributed by atoms with Gasteiger partial charge in [0.05, 0.1) is 0 Å². The van der Waals surface area contributed by atoms with Crippen LogP contribution < -0.4 is 4.90 Å². The van der Waals surface area contributed by atoms with E-state index in [2.05, 4.69) is 55.8 Å². The second-order valence-electron chi connectivity index (χ2n) is 5.88. The predicted molar refractivity (Wildman–Crippen MR) is 80.8 cm³/mol. The van der Waals surface area contributed by atoms with Crippen molar-refractivity contribution in [2.75, 3.05) is 31.6 Å². The number of aliphatic hydroxyl groups is 1. The topological polar surface area (TPSA) is 26.7 Å². The highest BCUT2D eigenvalue weighted by Crippen LogP contribution is 2.31. The zero-order chi connectivity index (χ0) is 14.0. The van der Waals surface area contributed by atoms with Gasteiger partial charge in [-0.2, -0.15) is 0 Å². The lowest BCUT2D eigenvalue weighted by Gasteiger charge is -2.47. The van der Waals surface area contributed by atoms with Crippen molar-refractivity contribution in [3.05, 3.63) is 29.3 Å². The summed E-state index contributed by atoms with van der Waals surface area (Å²) in [7, 11) is 2.17. The Morgan fingerprint density at radius 3 is 2.42 bits per heavy atom. The fraction of sp³-hybridized carbons (Fsp3) is 0.625. The van der Waals surface area contributed by atoms with E-state index in [-0.39, 0.29) is 6.61 Å². The molecule has 0 aliphatic carbocycles. The van der Waals surface area contributed by atoms with Crippen molar-refractivity contribution in [1.29, 1.82) is 0 Å². The van der Waals surface area contributed by atoms with Gasteiger partial charge in [0.2, 0.25) is 0 Å². The van der Waals surface area contributed by atoms with Crippen molar-refractivity contribution in [2.45, 2.75) is 39.3 Å². The standard InChI is InChI=1S/C16H26N2O/c1-12-6-5-7-13(2)16(12)18-14(3)10-17(4)11-15(18)8-9-19/h5-7,14-15,19H,8-11H2,1-4H3. The van der Waals surface area contributed by atoms with Crippen molar-refractivity contribution in [3.8, 4) is 0 Å². The van der Waals surface area contributed by atoms with Gasteiger partial charge in [-0.1, -0.05) is 18.2 Å². The quantitative estimate of drug-likeness (QED) is 0.904. The molecule has 1 aliphatic rings. The Morgan fingerprint density at radius 1 is 1.21 bits per heavy atom. The molecule has 1 heterocycles. The Labute approximate surface area is 116 Å². The van der Waals surface area contributed by atoms with Crippen LogP contribution in [0.25, 0.3) is 0 Å². The normalized spacial score (nSPS) is 24.8. The zero-order valence-corrected chi connectivity index (χ0v) is 12.6. The fourth-order valence-electron chi connectivity index (χ4n) is 3.42. The maximum absolute atomic E-state index is 9.35. The summed E-state index contributed by atoms with van der Waals surface area (Å²) >= 11 is 0. The highest BCUT2D eigenvalue weighted by Gasteiger charge is 2.31. The zero-order valence-electron chi connectivity index (χ0n) is 12.6. The van der Waals surface area contributed by atoms with Gasteiger partial charge in [-0.05, 0) is 45.4 Å². The average Bonchev–Trinajstić information content (AvgIpc) is 2.32. The van der Waals surface area contributed by atoms with Crippen molar-refractivity contribution in [1.82, 2.24) is 4.90 Å². The molecule has 3 nitrogen and oxygen atoms in total. The first kappa shape index (κ1) is 14.4. The third-order valence-corrected chi connectivity index (χ3v) is 4.13. The molecule has 0 spiro atoms. The van der Waals surface area contributed by atoms with E-state index in [1.807, 2.05) is 0 Å². The van der Waals surface area contributed by atoms with Gasteiger partial charge in [0.1, 0.15) is 0 Å². The van der Waals surface area contributed by atoms with Gasteiger partial charge in [0.15, 0.2) is 0 Å². The largest absolute Gasteiger partial charge is 0.396 e. The van der Waals surface area contributed by atoms with Crippen LogP contribution in [0.2, 0.25) is 0 Å². The van der Waals surface area contributed by atoms with Crippen molar-refractivity contribution >= 4 is 5.69 Å². The Balaban J connectivity index is 2.38. The van der Waals surface area contributed by atoms with E-state index in [1.54, 1.807) is 0 Å². The molecule has 0 radical (unpaired) electrons. The van der Waals surface area contributed by atoms with E-state index in [0.29, 0.717) is 12.1 Å². The summed E-state index contributed by atoms with van der Waals surface area (Å²) in [4.78, 5) is 4.90. The molecule has 1 aliphatic heterocycles.